The molecule has 1 aromatic heterocycles. The Hall–Kier alpha value is -1.13. The molecule has 1 N–H and O–H groups in total. The zero-order valence-electron chi connectivity index (χ0n) is 11.5. The Morgan fingerprint density at radius 3 is 2.79 bits per heavy atom. The maximum Gasteiger partial charge on any atom is 0.122 e. The number of aryl methyl sites for hydroxylation is 2. The summed E-state index contributed by atoms with van der Waals surface area (Å²) in [7, 11) is 0. The van der Waals surface area contributed by atoms with E-state index < -0.39 is 6.10 Å². The molecule has 0 amide bonds. The zero-order chi connectivity index (χ0) is 14.0. The first-order valence-corrected chi connectivity index (χ1v) is 7.31. The highest BCUT2D eigenvalue weighted by molar-refractivity contribution is 9.10. The lowest BCUT2D eigenvalue weighted by atomic mass is 9.97. The van der Waals surface area contributed by atoms with Gasteiger partial charge < -0.3 is 5.11 Å². The third-order valence-corrected chi connectivity index (χ3v) is 4.08. The van der Waals surface area contributed by atoms with E-state index in [2.05, 4.69) is 40.9 Å². The molecular formula is C15H19BrN2O. The Bertz CT molecular complexity index is 578. The van der Waals surface area contributed by atoms with E-state index in [4.69, 9.17) is 0 Å². The van der Waals surface area contributed by atoms with Crippen LogP contribution in [-0.4, -0.2) is 14.9 Å². The fraction of sp³-hybridized carbons (Fsp3) is 0.400. The van der Waals surface area contributed by atoms with Gasteiger partial charge in [0.25, 0.3) is 0 Å². The lowest BCUT2D eigenvalue weighted by Gasteiger charge is -2.17. The molecule has 2 aromatic rings. The van der Waals surface area contributed by atoms with E-state index in [-0.39, 0.29) is 0 Å². The van der Waals surface area contributed by atoms with Crippen molar-refractivity contribution < 1.29 is 5.11 Å². The quantitative estimate of drug-likeness (QED) is 0.930. The van der Waals surface area contributed by atoms with Crippen LogP contribution in [0.1, 0.15) is 41.8 Å². The summed E-state index contributed by atoms with van der Waals surface area (Å²) in [6.45, 7) is 7.01. The van der Waals surface area contributed by atoms with Gasteiger partial charge >= 0.3 is 0 Å². The Morgan fingerprint density at radius 2 is 2.11 bits per heavy atom. The predicted octanol–water partition coefficient (Wildman–Crippen LogP) is 3.75. The van der Waals surface area contributed by atoms with Gasteiger partial charge in [-0.15, -0.1) is 0 Å². The van der Waals surface area contributed by atoms with Crippen molar-refractivity contribution in [1.82, 2.24) is 9.78 Å². The minimum Gasteiger partial charge on any atom is -0.382 e. The fourth-order valence-electron chi connectivity index (χ4n) is 2.25. The number of halogens is 1. The van der Waals surface area contributed by atoms with E-state index >= 15 is 0 Å². The molecule has 0 fully saturated rings. The van der Waals surface area contributed by atoms with E-state index in [1.807, 2.05) is 23.7 Å². The molecular weight excluding hydrogens is 304 g/mol. The highest BCUT2D eigenvalue weighted by atomic mass is 79.9. The molecule has 2 rings (SSSR count). The van der Waals surface area contributed by atoms with E-state index in [9.17, 15) is 5.11 Å². The molecule has 0 aliphatic heterocycles. The lowest BCUT2D eigenvalue weighted by Crippen LogP contribution is -2.12. The number of nitrogens with zero attached hydrogens (tertiary/aromatic N) is 2. The second-order valence-electron chi connectivity index (χ2n) is 4.79. The smallest absolute Gasteiger partial charge is 0.122 e. The van der Waals surface area contributed by atoms with Crippen LogP contribution in [0.3, 0.4) is 0 Å². The van der Waals surface area contributed by atoms with Crippen molar-refractivity contribution in [1.29, 1.82) is 0 Å². The van der Waals surface area contributed by atoms with Crippen LogP contribution in [0.5, 0.6) is 0 Å². The molecule has 1 aromatic carbocycles. The Morgan fingerprint density at radius 1 is 1.37 bits per heavy atom. The third-order valence-electron chi connectivity index (χ3n) is 3.47. The topological polar surface area (TPSA) is 38.0 Å². The van der Waals surface area contributed by atoms with Crippen LogP contribution in [0.4, 0.5) is 0 Å². The molecule has 1 unspecified atom stereocenters. The second-order valence-corrected chi connectivity index (χ2v) is 5.65. The molecule has 0 bridgehead atoms. The summed E-state index contributed by atoms with van der Waals surface area (Å²) >= 11 is 3.48. The van der Waals surface area contributed by atoms with Crippen LogP contribution in [0.25, 0.3) is 0 Å². The van der Waals surface area contributed by atoms with Crippen LogP contribution >= 0.6 is 15.9 Å². The summed E-state index contributed by atoms with van der Waals surface area (Å²) in [6, 6.07) is 6.02. The van der Waals surface area contributed by atoms with Gasteiger partial charge in [0, 0.05) is 6.54 Å². The summed E-state index contributed by atoms with van der Waals surface area (Å²) in [5, 5.41) is 15.0. The molecule has 1 heterocycles. The number of hydrogen-bond donors (Lipinski definition) is 1. The SMILES string of the molecule is CCCn1ncc(Br)c1C(O)c1cccc(C)c1C. The predicted molar refractivity (Wildman–Crippen MR) is 80.2 cm³/mol. The molecule has 0 saturated carbocycles. The highest BCUT2D eigenvalue weighted by Crippen LogP contribution is 2.31. The highest BCUT2D eigenvalue weighted by Gasteiger charge is 2.21. The normalized spacial score (nSPS) is 12.7. The fourth-order valence-corrected chi connectivity index (χ4v) is 2.76. The van der Waals surface area contributed by atoms with Crippen LogP contribution in [0, 0.1) is 13.8 Å². The van der Waals surface area contributed by atoms with Crippen LogP contribution < -0.4 is 0 Å². The zero-order valence-corrected chi connectivity index (χ0v) is 13.1. The van der Waals surface area contributed by atoms with E-state index in [0.717, 1.165) is 34.3 Å². The van der Waals surface area contributed by atoms with Gasteiger partial charge in [-0.25, -0.2) is 0 Å². The molecule has 3 nitrogen and oxygen atoms in total. The number of aliphatic hydroxyl groups excluding tert-OH is 1. The van der Waals surface area contributed by atoms with Gasteiger partial charge in [0.05, 0.1) is 16.4 Å². The van der Waals surface area contributed by atoms with E-state index in [1.165, 1.54) is 5.56 Å². The molecule has 0 spiro atoms. The van der Waals surface area contributed by atoms with Gasteiger partial charge in [-0.2, -0.15) is 5.10 Å². The second kappa shape index (κ2) is 5.88. The van der Waals surface area contributed by atoms with Crippen molar-refractivity contribution in [2.75, 3.05) is 0 Å². The Labute approximate surface area is 122 Å². The first-order valence-electron chi connectivity index (χ1n) is 6.51. The summed E-state index contributed by atoms with van der Waals surface area (Å²) in [6.07, 6.45) is 2.09. The first kappa shape index (κ1) is 14.3. The summed E-state index contributed by atoms with van der Waals surface area (Å²) in [5.74, 6) is 0. The van der Waals surface area contributed by atoms with Gasteiger partial charge in [-0.3, -0.25) is 4.68 Å². The van der Waals surface area contributed by atoms with Crippen molar-refractivity contribution in [3.05, 3.63) is 51.3 Å². The molecule has 102 valence electrons. The number of benzene rings is 1. The third kappa shape index (κ3) is 2.74. The minimum absolute atomic E-state index is 0.650. The Balaban J connectivity index is 2.46. The molecule has 0 saturated heterocycles. The summed E-state index contributed by atoms with van der Waals surface area (Å²) < 4.78 is 2.73. The maximum absolute atomic E-state index is 10.7. The number of aromatic nitrogens is 2. The molecule has 1 atom stereocenters. The Kier molecular flexibility index (Phi) is 4.42. The van der Waals surface area contributed by atoms with Crippen molar-refractivity contribution in [2.45, 2.75) is 39.8 Å². The van der Waals surface area contributed by atoms with E-state index in [1.54, 1.807) is 6.20 Å². The van der Waals surface area contributed by atoms with Gasteiger partial charge in [0.15, 0.2) is 0 Å². The first-order chi connectivity index (χ1) is 9.06. The average Bonchev–Trinajstić information content (AvgIpc) is 2.74. The number of aliphatic hydroxyl groups is 1. The van der Waals surface area contributed by atoms with Crippen molar-refractivity contribution in [3.8, 4) is 0 Å². The van der Waals surface area contributed by atoms with Crippen molar-refractivity contribution in [2.24, 2.45) is 0 Å². The molecule has 19 heavy (non-hydrogen) atoms. The summed E-state index contributed by atoms with van der Waals surface area (Å²) in [4.78, 5) is 0. The van der Waals surface area contributed by atoms with Crippen molar-refractivity contribution >= 4 is 15.9 Å². The molecule has 4 heteroatoms. The van der Waals surface area contributed by atoms with Crippen molar-refractivity contribution in [3.63, 3.8) is 0 Å². The minimum atomic E-state index is -0.650. The van der Waals surface area contributed by atoms with Crippen LogP contribution in [0.15, 0.2) is 28.9 Å². The maximum atomic E-state index is 10.7. The van der Waals surface area contributed by atoms with Gasteiger partial charge in [0.1, 0.15) is 6.10 Å². The largest absolute Gasteiger partial charge is 0.382 e. The molecule has 0 radical (unpaired) electrons. The summed E-state index contributed by atoms with van der Waals surface area (Å²) in [5.41, 5.74) is 4.09. The van der Waals surface area contributed by atoms with Gasteiger partial charge in [-0.1, -0.05) is 25.1 Å². The van der Waals surface area contributed by atoms with Crippen LogP contribution in [-0.2, 0) is 6.54 Å². The van der Waals surface area contributed by atoms with Gasteiger partial charge in [-0.05, 0) is 52.9 Å². The lowest BCUT2D eigenvalue weighted by molar-refractivity contribution is 0.205. The number of rotatable bonds is 4. The van der Waals surface area contributed by atoms with Gasteiger partial charge in [0.2, 0.25) is 0 Å². The van der Waals surface area contributed by atoms with E-state index in [0.29, 0.717) is 0 Å². The molecule has 0 aliphatic rings. The standard InChI is InChI=1S/C15H19BrN2O/c1-4-8-18-14(13(16)9-17-18)15(19)12-7-5-6-10(2)11(12)3/h5-7,9,15,19H,4,8H2,1-3H3. The average molecular weight is 323 g/mol. The van der Waals surface area contributed by atoms with Crippen LogP contribution in [0.2, 0.25) is 0 Å². The molecule has 0 aliphatic carbocycles. The monoisotopic (exact) mass is 322 g/mol. The number of hydrogen-bond acceptors (Lipinski definition) is 2.